The van der Waals surface area contributed by atoms with Crippen molar-refractivity contribution in [1.82, 2.24) is 4.98 Å². The molecule has 0 atom stereocenters. The van der Waals surface area contributed by atoms with Crippen molar-refractivity contribution in [2.75, 3.05) is 12.8 Å². The van der Waals surface area contributed by atoms with Gasteiger partial charge in [0.05, 0.1) is 23.5 Å². The van der Waals surface area contributed by atoms with Crippen LogP contribution in [0.25, 0.3) is 0 Å². The van der Waals surface area contributed by atoms with E-state index < -0.39 is 0 Å². The molecule has 0 spiro atoms. The number of hydrogen-bond donors (Lipinski definition) is 1. The summed E-state index contributed by atoms with van der Waals surface area (Å²) in [6.45, 7) is 0. The molecule has 0 fully saturated rings. The van der Waals surface area contributed by atoms with E-state index in [1.165, 1.54) is 0 Å². The highest BCUT2D eigenvalue weighted by Gasteiger charge is 2.02. The Balaban J connectivity index is 2.04. The average molecular weight is 281 g/mol. The minimum atomic E-state index is 0.582. The molecule has 0 saturated carbocycles. The van der Waals surface area contributed by atoms with Crippen LogP contribution >= 0.6 is 23.4 Å². The smallest absolute Gasteiger partial charge is 0.213 e. The molecule has 1 aromatic carbocycles. The molecule has 0 saturated heterocycles. The van der Waals surface area contributed by atoms with Crippen LogP contribution in [0.1, 0.15) is 5.69 Å². The molecule has 0 aliphatic rings. The fraction of sp³-hybridized carbons (Fsp3) is 0.154. The number of benzene rings is 1. The van der Waals surface area contributed by atoms with Gasteiger partial charge in [-0.1, -0.05) is 17.7 Å². The first-order valence-electron chi connectivity index (χ1n) is 5.37. The lowest BCUT2D eigenvalue weighted by molar-refractivity contribution is 0.397. The quantitative estimate of drug-likeness (QED) is 0.686. The van der Waals surface area contributed by atoms with Gasteiger partial charge < -0.3 is 10.5 Å². The number of halogens is 1. The number of hydrogen-bond acceptors (Lipinski definition) is 4. The number of nitrogens with zero attached hydrogens (tertiary/aromatic N) is 1. The van der Waals surface area contributed by atoms with E-state index >= 15 is 0 Å². The van der Waals surface area contributed by atoms with Gasteiger partial charge in [0.2, 0.25) is 5.88 Å². The first kappa shape index (κ1) is 13.1. The number of rotatable bonds is 4. The normalized spacial score (nSPS) is 10.3. The molecule has 18 heavy (non-hydrogen) atoms. The Morgan fingerprint density at radius 3 is 2.89 bits per heavy atom. The number of aromatic nitrogens is 1. The van der Waals surface area contributed by atoms with E-state index in [1.54, 1.807) is 18.9 Å². The molecule has 2 aromatic rings. The molecule has 0 aliphatic heterocycles. The van der Waals surface area contributed by atoms with E-state index in [9.17, 15) is 0 Å². The van der Waals surface area contributed by atoms with Crippen LogP contribution in [0.2, 0.25) is 5.02 Å². The zero-order chi connectivity index (χ0) is 13.0. The van der Waals surface area contributed by atoms with E-state index in [0.29, 0.717) is 16.6 Å². The highest BCUT2D eigenvalue weighted by atomic mass is 35.5. The van der Waals surface area contributed by atoms with Crippen molar-refractivity contribution in [1.29, 1.82) is 0 Å². The second kappa shape index (κ2) is 5.98. The fourth-order valence-electron chi connectivity index (χ4n) is 1.41. The van der Waals surface area contributed by atoms with E-state index in [1.807, 2.05) is 36.4 Å². The van der Waals surface area contributed by atoms with E-state index in [4.69, 9.17) is 22.1 Å². The lowest BCUT2D eigenvalue weighted by Crippen LogP contribution is -1.91. The van der Waals surface area contributed by atoms with Crippen molar-refractivity contribution in [2.24, 2.45) is 0 Å². The van der Waals surface area contributed by atoms with Crippen LogP contribution in [0.5, 0.6) is 5.88 Å². The summed E-state index contributed by atoms with van der Waals surface area (Å²) in [5, 5.41) is 0.582. The molecule has 2 rings (SSSR count). The summed E-state index contributed by atoms with van der Waals surface area (Å²) in [6, 6.07) is 11.3. The topological polar surface area (TPSA) is 48.1 Å². The summed E-state index contributed by atoms with van der Waals surface area (Å²) in [4.78, 5) is 5.41. The van der Waals surface area contributed by atoms with Crippen LogP contribution in [0, 0.1) is 0 Å². The van der Waals surface area contributed by atoms with E-state index in [2.05, 4.69) is 4.98 Å². The molecule has 94 valence electrons. The molecule has 1 aromatic heterocycles. The standard InChI is InChI=1S/C13H13ClN2OS/c1-17-13-4-2-3-9(16-13)8-18-10-5-6-12(15)11(14)7-10/h2-7H,8,15H2,1H3. The first-order valence-corrected chi connectivity index (χ1v) is 6.73. The Morgan fingerprint density at radius 1 is 1.33 bits per heavy atom. The van der Waals surface area contributed by atoms with Crippen LogP contribution in [0.3, 0.4) is 0 Å². The summed E-state index contributed by atoms with van der Waals surface area (Å²) in [5.41, 5.74) is 7.23. The third-order valence-corrected chi connectivity index (χ3v) is 3.70. The van der Waals surface area contributed by atoms with Gasteiger partial charge in [0, 0.05) is 16.7 Å². The summed E-state index contributed by atoms with van der Waals surface area (Å²) >= 11 is 7.63. The average Bonchev–Trinajstić information content (AvgIpc) is 2.40. The number of thioether (sulfide) groups is 1. The molecular weight excluding hydrogens is 268 g/mol. The second-order valence-corrected chi connectivity index (χ2v) is 5.10. The van der Waals surface area contributed by atoms with E-state index in [0.717, 1.165) is 16.3 Å². The van der Waals surface area contributed by atoms with Crippen molar-refractivity contribution >= 4 is 29.1 Å². The van der Waals surface area contributed by atoms with Gasteiger partial charge in [0.25, 0.3) is 0 Å². The lowest BCUT2D eigenvalue weighted by Gasteiger charge is -2.05. The summed E-state index contributed by atoms with van der Waals surface area (Å²) in [7, 11) is 1.61. The SMILES string of the molecule is COc1cccc(CSc2ccc(N)c(Cl)c2)n1. The Bertz CT molecular complexity index is 548. The molecular formula is C13H13ClN2OS. The molecule has 0 unspecified atom stereocenters. The summed E-state index contributed by atoms with van der Waals surface area (Å²) < 4.78 is 5.08. The van der Waals surface area contributed by atoms with Crippen LogP contribution in [0.4, 0.5) is 5.69 Å². The van der Waals surface area contributed by atoms with Crippen molar-refractivity contribution < 1.29 is 4.74 Å². The van der Waals surface area contributed by atoms with Crippen molar-refractivity contribution in [3.8, 4) is 5.88 Å². The number of nitrogen functional groups attached to an aromatic ring is 1. The molecule has 0 amide bonds. The van der Waals surface area contributed by atoms with Gasteiger partial charge in [-0.3, -0.25) is 0 Å². The van der Waals surface area contributed by atoms with Gasteiger partial charge in [0.15, 0.2) is 0 Å². The van der Waals surface area contributed by atoms with Crippen LogP contribution < -0.4 is 10.5 Å². The summed E-state index contributed by atoms with van der Waals surface area (Å²) in [5.74, 6) is 1.39. The molecule has 0 radical (unpaired) electrons. The van der Waals surface area contributed by atoms with Crippen LogP contribution in [-0.4, -0.2) is 12.1 Å². The fourth-order valence-corrected chi connectivity index (χ4v) is 2.49. The number of ether oxygens (including phenoxy) is 1. The monoisotopic (exact) mass is 280 g/mol. The molecule has 1 heterocycles. The maximum atomic E-state index is 5.97. The minimum Gasteiger partial charge on any atom is -0.481 e. The predicted molar refractivity (Wildman–Crippen MR) is 76.2 cm³/mol. The van der Waals surface area contributed by atoms with Crippen LogP contribution in [-0.2, 0) is 5.75 Å². The Labute approximate surface area is 115 Å². The van der Waals surface area contributed by atoms with E-state index in [-0.39, 0.29) is 0 Å². The van der Waals surface area contributed by atoms with Gasteiger partial charge in [-0.15, -0.1) is 11.8 Å². The summed E-state index contributed by atoms with van der Waals surface area (Å²) in [6.07, 6.45) is 0. The van der Waals surface area contributed by atoms with Crippen molar-refractivity contribution in [2.45, 2.75) is 10.6 Å². The van der Waals surface area contributed by atoms with Gasteiger partial charge in [-0.25, -0.2) is 4.98 Å². The largest absolute Gasteiger partial charge is 0.481 e. The van der Waals surface area contributed by atoms with Gasteiger partial charge in [0.1, 0.15) is 0 Å². The molecule has 5 heteroatoms. The van der Waals surface area contributed by atoms with Crippen LogP contribution in [0.15, 0.2) is 41.3 Å². The number of anilines is 1. The second-order valence-electron chi connectivity index (χ2n) is 3.64. The van der Waals surface area contributed by atoms with Gasteiger partial charge in [-0.05, 0) is 24.3 Å². The maximum Gasteiger partial charge on any atom is 0.213 e. The van der Waals surface area contributed by atoms with Gasteiger partial charge in [-0.2, -0.15) is 0 Å². The number of pyridine rings is 1. The number of methoxy groups -OCH3 is 1. The highest BCUT2D eigenvalue weighted by Crippen LogP contribution is 2.28. The minimum absolute atomic E-state index is 0.582. The lowest BCUT2D eigenvalue weighted by atomic mass is 10.3. The Kier molecular flexibility index (Phi) is 4.33. The Hall–Kier alpha value is -1.39. The predicted octanol–water partition coefficient (Wildman–Crippen LogP) is 3.62. The molecule has 0 bridgehead atoms. The third-order valence-electron chi connectivity index (χ3n) is 2.35. The first-order chi connectivity index (χ1) is 8.69. The molecule has 3 nitrogen and oxygen atoms in total. The van der Waals surface area contributed by atoms with Crippen molar-refractivity contribution in [3.63, 3.8) is 0 Å². The zero-order valence-electron chi connectivity index (χ0n) is 9.89. The highest BCUT2D eigenvalue weighted by molar-refractivity contribution is 7.98. The number of nitrogens with two attached hydrogens (primary N) is 1. The van der Waals surface area contributed by atoms with Crippen molar-refractivity contribution in [3.05, 3.63) is 47.1 Å². The third kappa shape index (κ3) is 3.31. The zero-order valence-corrected chi connectivity index (χ0v) is 11.5. The van der Waals surface area contributed by atoms with Gasteiger partial charge >= 0.3 is 0 Å². The molecule has 2 N–H and O–H groups in total. The molecule has 0 aliphatic carbocycles. The Morgan fingerprint density at radius 2 is 2.17 bits per heavy atom. The maximum absolute atomic E-state index is 5.97.